The number of nitrogens with zero attached hydrogens (tertiary/aromatic N) is 1. The number of sulfonamides is 1. The summed E-state index contributed by atoms with van der Waals surface area (Å²) in [4.78, 5) is 11.1. The molecule has 0 aromatic heterocycles. The Kier molecular flexibility index (Phi) is 3.49. The van der Waals surface area contributed by atoms with Crippen LogP contribution >= 0.6 is 11.6 Å². The fraction of sp³-hybridized carbons (Fsp3) is 0.364. The summed E-state index contributed by atoms with van der Waals surface area (Å²) in [5, 5.41) is 9.41. The van der Waals surface area contributed by atoms with Gasteiger partial charge in [0.2, 0.25) is 10.0 Å². The van der Waals surface area contributed by atoms with Crippen LogP contribution in [-0.2, 0) is 10.0 Å². The molecule has 0 bridgehead atoms. The van der Waals surface area contributed by atoms with Crippen molar-refractivity contribution in [2.45, 2.75) is 12.8 Å². The van der Waals surface area contributed by atoms with E-state index in [4.69, 9.17) is 16.7 Å². The van der Waals surface area contributed by atoms with Crippen LogP contribution < -0.4 is 4.31 Å². The fourth-order valence-electron chi connectivity index (χ4n) is 1.95. The first-order valence-electron chi connectivity index (χ1n) is 5.45. The van der Waals surface area contributed by atoms with Gasteiger partial charge in [0.05, 0.1) is 17.0 Å². The Labute approximate surface area is 110 Å². The van der Waals surface area contributed by atoms with Crippen molar-refractivity contribution in [3.8, 4) is 0 Å². The molecule has 0 spiro atoms. The van der Waals surface area contributed by atoms with Crippen molar-refractivity contribution in [2.24, 2.45) is 0 Å². The van der Waals surface area contributed by atoms with Crippen molar-refractivity contribution in [1.29, 1.82) is 0 Å². The molecule has 0 saturated carbocycles. The molecule has 5 nitrogen and oxygen atoms in total. The SMILES string of the molecule is O=C(O)c1ccc(Cl)cc1N1CCCCS1(=O)=O. The number of hydrogen-bond acceptors (Lipinski definition) is 3. The zero-order valence-corrected chi connectivity index (χ0v) is 11.0. The van der Waals surface area contributed by atoms with E-state index in [9.17, 15) is 13.2 Å². The Hall–Kier alpha value is -1.27. The van der Waals surface area contributed by atoms with Gasteiger partial charge >= 0.3 is 5.97 Å². The maximum atomic E-state index is 12.0. The summed E-state index contributed by atoms with van der Waals surface area (Å²) in [6, 6.07) is 4.14. The highest BCUT2D eigenvalue weighted by atomic mass is 35.5. The molecule has 0 radical (unpaired) electrons. The maximum absolute atomic E-state index is 12.0. The van der Waals surface area contributed by atoms with E-state index in [1.54, 1.807) is 0 Å². The van der Waals surface area contributed by atoms with Crippen molar-refractivity contribution in [3.05, 3.63) is 28.8 Å². The van der Waals surface area contributed by atoms with Crippen LogP contribution in [0.1, 0.15) is 23.2 Å². The average molecular weight is 290 g/mol. The third-order valence-corrected chi connectivity index (χ3v) is 4.90. The van der Waals surface area contributed by atoms with Crippen molar-refractivity contribution in [1.82, 2.24) is 0 Å². The number of rotatable bonds is 2. The smallest absolute Gasteiger partial charge is 0.337 e. The lowest BCUT2D eigenvalue weighted by molar-refractivity contribution is 0.0698. The minimum atomic E-state index is -3.44. The van der Waals surface area contributed by atoms with Crippen molar-refractivity contribution in [3.63, 3.8) is 0 Å². The molecule has 1 fully saturated rings. The number of benzene rings is 1. The van der Waals surface area contributed by atoms with E-state index in [-0.39, 0.29) is 17.0 Å². The molecular formula is C11H12ClNO4S. The Morgan fingerprint density at radius 2 is 2.06 bits per heavy atom. The predicted octanol–water partition coefficient (Wildman–Crippen LogP) is 1.97. The van der Waals surface area contributed by atoms with E-state index in [1.165, 1.54) is 18.2 Å². The number of halogens is 1. The lowest BCUT2D eigenvalue weighted by Gasteiger charge is -2.29. The number of anilines is 1. The van der Waals surface area contributed by atoms with Crippen LogP contribution in [0.5, 0.6) is 0 Å². The Morgan fingerprint density at radius 3 is 2.67 bits per heavy atom. The standard InChI is InChI=1S/C11H12ClNO4S/c12-8-3-4-9(11(14)15)10(7-8)13-5-1-2-6-18(13,16)17/h3-4,7H,1-2,5-6H2,(H,14,15). The van der Waals surface area contributed by atoms with Crippen LogP contribution in [0.2, 0.25) is 5.02 Å². The van der Waals surface area contributed by atoms with Gasteiger partial charge in [-0.05, 0) is 31.0 Å². The molecule has 1 aromatic rings. The largest absolute Gasteiger partial charge is 0.478 e. The highest BCUT2D eigenvalue weighted by Crippen LogP contribution is 2.29. The minimum Gasteiger partial charge on any atom is -0.478 e. The molecule has 1 N–H and O–H groups in total. The number of aromatic carboxylic acids is 1. The van der Waals surface area contributed by atoms with Gasteiger partial charge in [-0.3, -0.25) is 4.31 Å². The third-order valence-electron chi connectivity index (χ3n) is 2.81. The van der Waals surface area contributed by atoms with Crippen LogP contribution in [0.3, 0.4) is 0 Å². The number of carboxylic acids is 1. The summed E-state index contributed by atoms with van der Waals surface area (Å²) >= 11 is 5.82. The van der Waals surface area contributed by atoms with E-state index in [0.717, 1.165) is 4.31 Å². The number of carbonyl (C=O) groups is 1. The van der Waals surface area contributed by atoms with Crippen LogP contribution in [0, 0.1) is 0 Å². The normalized spacial score (nSPS) is 18.6. The third kappa shape index (κ3) is 2.44. The molecule has 0 amide bonds. The summed E-state index contributed by atoms with van der Waals surface area (Å²) < 4.78 is 25.1. The van der Waals surface area contributed by atoms with Crippen LogP contribution in [0.4, 0.5) is 5.69 Å². The zero-order valence-electron chi connectivity index (χ0n) is 9.47. The highest BCUT2D eigenvalue weighted by molar-refractivity contribution is 7.92. The van der Waals surface area contributed by atoms with Crippen LogP contribution in [0.15, 0.2) is 18.2 Å². The first-order valence-corrected chi connectivity index (χ1v) is 7.44. The molecule has 1 aliphatic heterocycles. The van der Waals surface area contributed by atoms with Gasteiger partial charge in [-0.2, -0.15) is 0 Å². The first kappa shape index (κ1) is 13.2. The molecule has 1 aliphatic rings. The topological polar surface area (TPSA) is 74.7 Å². The Balaban J connectivity index is 2.55. The summed E-state index contributed by atoms with van der Waals surface area (Å²) in [5.74, 6) is -1.12. The van der Waals surface area contributed by atoms with Gasteiger partial charge in [0.15, 0.2) is 0 Å². The van der Waals surface area contributed by atoms with E-state index < -0.39 is 16.0 Å². The van der Waals surface area contributed by atoms with Crippen molar-refractivity contribution < 1.29 is 18.3 Å². The van der Waals surface area contributed by atoms with E-state index in [0.29, 0.717) is 24.4 Å². The van der Waals surface area contributed by atoms with Gasteiger partial charge in [0.25, 0.3) is 0 Å². The van der Waals surface area contributed by atoms with Gasteiger partial charge < -0.3 is 5.11 Å². The molecule has 7 heteroatoms. The second kappa shape index (κ2) is 4.78. The van der Waals surface area contributed by atoms with Crippen molar-refractivity contribution >= 4 is 33.3 Å². The molecule has 1 saturated heterocycles. The monoisotopic (exact) mass is 289 g/mol. The summed E-state index contributed by atoms with van der Waals surface area (Å²) in [7, 11) is -3.44. The molecule has 1 aromatic carbocycles. The fourth-order valence-corrected chi connectivity index (χ4v) is 3.77. The molecule has 0 aliphatic carbocycles. The van der Waals surface area contributed by atoms with E-state index in [2.05, 4.69) is 0 Å². The van der Waals surface area contributed by atoms with Crippen LogP contribution in [0.25, 0.3) is 0 Å². The van der Waals surface area contributed by atoms with Crippen LogP contribution in [-0.4, -0.2) is 31.8 Å². The maximum Gasteiger partial charge on any atom is 0.337 e. The first-order chi connectivity index (χ1) is 8.42. The summed E-state index contributed by atoms with van der Waals surface area (Å²) in [6.45, 7) is 0.295. The number of hydrogen-bond donors (Lipinski definition) is 1. The number of carboxylic acid groups (broad SMARTS) is 1. The Morgan fingerprint density at radius 1 is 1.33 bits per heavy atom. The molecule has 2 rings (SSSR count). The van der Waals surface area contributed by atoms with Gasteiger partial charge in [-0.1, -0.05) is 11.6 Å². The molecule has 1 heterocycles. The molecule has 0 unspecified atom stereocenters. The lowest BCUT2D eigenvalue weighted by atomic mass is 10.1. The Bertz CT molecular complexity index is 585. The average Bonchev–Trinajstić information content (AvgIpc) is 2.27. The minimum absolute atomic E-state index is 0.0403. The van der Waals surface area contributed by atoms with Gasteiger partial charge in [-0.25, -0.2) is 13.2 Å². The van der Waals surface area contributed by atoms with Gasteiger partial charge in [0.1, 0.15) is 0 Å². The molecule has 18 heavy (non-hydrogen) atoms. The molecule has 0 atom stereocenters. The summed E-state index contributed by atoms with van der Waals surface area (Å²) in [6.07, 6.45) is 1.31. The molecular weight excluding hydrogens is 278 g/mol. The quantitative estimate of drug-likeness (QED) is 0.903. The van der Waals surface area contributed by atoms with Crippen molar-refractivity contribution in [2.75, 3.05) is 16.6 Å². The zero-order chi connectivity index (χ0) is 13.3. The predicted molar refractivity (Wildman–Crippen MR) is 68.8 cm³/mol. The second-order valence-corrected chi connectivity index (χ2v) is 6.51. The molecule has 98 valence electrons. The van der Waals surface area contributed by atoms with Gasteiger partial charge in [0, 0.05) is 11.6 Å². The van der Waals surface area contributed by atoms with E-state index >= 15 is 0 Å². The second-order valence-electron chi connectivity index (χ2n) is 4.06. The van der Waals surface area contributed by atoms with E-state index in [1.807, 2.05) is 0 Å². The van der Waals surface area contributed by atoms with Gasteiger partial charge in [-0.15, -0.1) is 0 Å². The lowest BCUT2D eigenvalue weighted by Crippen LogP contribution is -2.38. The highest BCUT2D eigenvalue weighted by Gasteiger charge is 2.29. The summed E-state index contributed by atoms with van der Waals surface area (Å²) in [5.41, 5.74) is 0.0968.